The van der Waals surface area contributed by atoms with Gasteiger partial charge in [0.25, 0.3) is 0 Å². The summed E-state index contributed by atoms with van der Waals surface area (Å²) in [6.45, 7) is 5.32. The maximum atomic E-state index is 12.8. The van der Waals surface area contributed by atoms with E-state index in [0.717, 1.165) is 45.3 Å². The van der Waals surface area contributed by atoms with Crippen LogP contribution in [0.25, 0.3) is 0 Å². The van der Waals surface area contributed by atoms with Gasteiger partial charge in [-0.05, 0) is 58.7 Å². The summed E-state index contributed by atoms with van der Waals surface area (Å²) in [5.74, 6) is -0.0732. The Labute approximate surface area is 145 Å². The number of carbonyl (C=O) groups is 2. The number of likely N-dealkylation sites (tertiary alicyclic amines) is 2. The maximum Gasteiger partial charge on any atom is 0.226 e. The third kappa shape index (κ3) is 5.45. The highest BCUT2D eigenvalue weighted by Gasteiger charge is 2.35. The Hall–Kier alpha value is -1.14. The highest BCUT2D eigenvalue weighted by atomic mass is 16.3. The Kier molecular flexibility index (Phi) is 7.49. The molecule has 0 spiro atoms. The molecule has 2 rings (SSSR count). The molecule has 138 valence electrons. The van der Waals surface area contributed by atoms with E-state index in [1.807, 2.05) is 11.8 Å². The van der Waals surface area contributed by atoms with Crippen molar-refractivity contribution >= 4 is 11.8 Å². The summed E-state index contributed by atoms with van der Waals surface area (Å²) in [4.78, 5) is 29.2. The highest BCUT2D eigenvalue weighted by Crippen LogP contribution is 2.26. The molecule has 2 N–H and O–H groups in total. The molecule has 2 unspecified atom stereocenters. The fraction of sp³-hybridized carbons (Fsp3) is 0.889. The number of amides is 2. The van der Waals surface area contributed by atoms with Crippen molar-refractivity contribution in [2.45, 2.75) is 64.0 Å². The van der Waals surface area contributed by atoms with Crippen LogP contribution in [0.15, 0.2) is 0 Å². The minimum atomic E-state index is -0.360. The largest absolute Gasteiger partial charge is 0.393 e. The molecule has 0 aromatic carbocycles. The van der Waals surface area contributed by atoms with Crippen molar-refractivity contribution in [3.63, 3.8) is 0 Å². The van der Waals surface area contributed by atoms with Gasteiger partial charge < -0.3 is 20.2 Å². The smallest absolute Gasteiger partial charge is 0.226 e. The molecular weight excluding hydrogens is 306 g/mol. The first-order valence-corrected chi connectivity index (χ1v) is 9.45. The Balaban J connectivity index is 1.78. The summed E-state index contributed by atoms with van der Waals surface area (Å²) in [6, 6.07) is 0.347. The van der Waals surface area contributed by atoms with Crippen LogP contribution in [-0.2, 0) is 9.59 Å². The Morgan fingerprint density at radius 2 is 2.00 bits per heavy atom. The van der Waals surface area contributed by atoms with Gasteiger partial charge in [0, 0.05) is 31.5 Å². The van der Waals surface area contributed by atoms with Gasteiger partial charge in [0.05, 0.1) is 6.10 Å². The van der Waals surface area contributed by atoms with Crippen LogP contribution in [0.2, 0.25) is 0 Å². The van der Waals surface area contributed by atoms with Gasteiger partial charge >= 0.3 is 0 Å². The molecule has 0 aromatic heterocycles. The topological polar surface area (TPSA) is 72.9 Å². The molecule has 24 heavy (non-hydrogen) atoms. The molecule has 0 saturated carbocycles. The molecule has 0 aromatic rings. The summed E-state index contributed by atoms with van der Waals surface area (Å²) < 4.78 is 0. The predicted octanol–water partition coefficient (Wildman–Crippen LogP) is 0.987. The minimum Gasteiger partial charge on any atom is -0.393 e. The van der Waals surface area contributed by atoms with E-state index in [-0.39, 0.29) is 30.3 Å². The fourth-order valence-corrected chi connectivity index (χ4v) is 3.71. The zero-order chi connectivity index (χ0) is 17.5. The zero-order valence-electron chi connectivity index (χ0n) is 15.2. The van der Waals surface area contributed by atoms with E-state index in [1.54, 1.807) is 0 Å². The number of hydrogen-bond donors (Lipinski definition) is 2. The average Bonchev–Trinajstić information content (AvgIpc) is 2.57. The second-order valence-corrected chi connectivity index (χ2v) is 7.31. The van der Waals surface area contributed by atoms with E-state index < -0.39 is 0 Å². The molecule has 0 bridgehead atoms. The van der Waals surface area contributed by atoms with E-state index in [2.05, 4.69) is 17.3 Å². The molecule has 2 fully saturated rings. The second-order valence-electron chi connectivity index (χ2n) is 7.31. The van der Waals surface area contributed by atoms with Crippen molar-refractivity contribution in [3.05, 3.63) is 0 Å². The van der Waals surface area contributed by atoms with Crippen LogP contribution < -0.4 is 5.32 Å². The predicted molar refractivity (Wildman–Crippen MR) is 93.5 cm³/mol. The van der Waals surface area contributed by atoms with Crippen molar-refractivity contribution in [1.82, 2.24) is 15.1 Å². The lowest BCUT2D eigenvalue weighted by atomic mass is 9.90. The Bertz CT molecular complexity index is 422. The molecular formula is C18H33N3O3. The maximum absolute atomic E-state index is 12.8. The van der Waals surface area contributed by atoms with Crippen molar-refractivity contribution in [1.29, 1.82) is 0 Å². The zero-order valence-corrected chi connectivity index (χ0v) is 15.2. The lowest BCUT2D eigenvalue weighted by molar-refractivity contribution is -0.144. The standard InChI is InChI=1S/C18H33N3O3/c1-3-16(22)6-9-19-17(23)13-14-5-4-10-21(18(14)24)15-7-11-20(2)12-8-15/h14-16,22H,3-13H2,1-2H3,(H,19,23). The molecule has 6 heteroatoms. The number of nitrogens with zero attached hydrogens (tertiary/aromatic N) is 2. The summed E-state index contributed by atoms with van der Waals surface area (Å²) in [6.07, 6.45) is 5.07. The molecule has 2 atom stereocenters. The van der Waals surface area contributed by atoms with E-state index in [9.17, 15) is 14.7 Å². The summed E-state index contributed by atoms with van der Waals surface area (Å²) in [5.41, 5.74) is 0. The molecule has 2 saturated heterocycles. The van der Waals surface area contributed by atoms with Crippen LogP contribution in [0, 0.1) is 5.92 Å². The van der Waals surface area contributed by atoms with Crippen LogP contribution in [0.3, 0.4) is 0 Å². The van der Waals surface area contributed by atoms with Crippen LogP contribution in [0.5, 0.6) is 0 Å². The van der Waals surface area contributed by atoms with E-state index in [0.29, 0.717) is 25.4 Å². The van der Waals surface area contributed by atoms with E-state index in [4.69, 9.17) is 0 Å². The number of hydrogen-bond acceptors (Lipinski definition) is 4. The van der Waals surface area contributed by atoms with Crippen molar-refractivity contribution in [2.75, 3.05) is 33.2 Å². The fourth-order valence-electron chi connectivity index (χ4n) is 3.71. The Morgan fingerprint density at radius 3 is 2.67 bits per heavy atom. The molecule has 2 aliphatic rings. The first kappa shape index (κ1) is 19.2. The lowest BCUT2D eigenvalue weighted by Crippen LogP contribution is -2.51. The molecule has 6 nitrogen and oxygen atoms in total. The summed E-state index contributed by atoms with van der Waals surface area (Å²) in [7, 11) is 2.12. The number of aliphatic hydroxyl groups is 1. The quantitative estimate of drug-likeness (QED) is 0.725. The third-order valence-electron chi connectivity index (χ3n) is 5.42. The van der Waals surface area contributed by atoms with Gasteiger partial charge in [-0.1, -0.05) is 6.92 Å². The van der Waals surface area contributed by atoms with Crippen molar-refractivity contribution in [3.8, 4) is 0 Å². The molecule has 2 amide bonds. The minimum absolute atomic E-state index is 0.0677. The molecule has 2 heterocycles. The monoisotopic (exact) mass is 339 g/mol. The number of rotatable bonds is 7. The van der Waals surface area contributed by atoms with Gasteiger partial charge in [-0.15, -0.1) is 0 Å². The first-order valence-electron chi connectivity index (χ1n) is 9.45. The normalized spacial score (nSPS) is 24.9. The summed E-state index contributed by atoms with van der Waals surface area (Å²) >= 11 is 0. The van der Waals surface area contributed by atoms with Crippen LogP contribution >= 0.6 is 0 Å². The third-order valence-corrected chi connectivity index (χ3v) is 5.42. The number of nitrogens with one attached hydrogen (secondary N) is 1. The van der Waals surface area contributed by atoms with Crippen LogP contribution in [0.1, 0.15) is 51.9 Å². The molecule has 2 aliphatic heterocycles. The average molecular weight is 339 g/mol. The number of carbonyl (C=O) groups excluding carboxylic acids is 2. The van der Waals surface area contributed by atoms with Crippen molar-refractivity contribution < 1.29 is 14.7 Å². The van der Waals surface area contributed by atoms with Gasteiger partial charge in [-0.3, -0.25) is 9.59 Å². The number of piperidine rings is 2. The van der Waals surface area contributed by atoms with Gasteiger partial charge in [0.2, 0.25) is 11.8 Å². The van der Waals surface area contributed by atoms with Gasteiger partial charge in [0.15, 0.2) is 0 Å². The lowest BCUT2D eigenvalue weighted by Gasteiger charge is -2.41. The van der Waals surface area contributed by atoms with Crippen molar-refractivity contribution in [2.24, 2.45) is 5.92 Å². The van der Waals surface area contributed by atoms with Gasteiger partial charge in [-0.25, -0.2) is 0 Å². The number of aliphatic hydroxyl groups excluding tert-OH is 1. The SMILES string of the molecule is CCC(O)CCNC(=O)CC1CCCN(C2CCN(C)CC2)C1=O. The molecule has 0 aliphatic carbocycles. The first-order chi connectivity index (χ1) is 11.5. The van der Waals surface area contributed by atoms with Crippen LogP contribution in [-0.4, -0.2) is 72.1 Å². The second kappa shape index (κ2) is 9.37. The van der Waals surface area contributed by atoms with E-state index in [1.165, 1.54) is 0 Å². The Morgan fingerprint density at radius 1 is 1.29 bits per heavy atom. The highest BCUT2D eigenvalue weighted by molar-refractivity contribution is 5.86. The summed E-state index contributed by atoms with van der Waals surface area (Å²) in [5, 5.41) is 12.4. The van der Waals surface area contributed by atoms with Gasteiger partial charge in [-0.2, -0.15) is 0 Å². The van der Waals surface area contributed by atoms with Gasteiger partial charge in [0.1, 0.15) is 0 Å². The molecule has 0 radical (unpaired) electrons. The van der Waals surface area contributed by atoms with E-state index >= 15 is 0 Å². The van der Waals surface area contributed by atoms with Crippen LogP contribution in [0.4, 0.5) is 0 Å².